The van der Waals surface area contributed by atoms with Crippen molar-refractivity contribution >= 4 is 5.91 Å². The zero-order valence-electron chi connectivity index (χ0n) is 11.2. The molecule has 2 aromatic rings. The lowest BCUT2D eigenvalue weighted by atomic mass is 10.2. The smallest absolute Gasteiger partial charge is 0.255 e. The second-order valence-corrected chi connectivity index (χ2v) is 4.77. The van der Waals surface area contributed by atoms with Gasteiger partial charge in [0.15, 0.2) is 0 Å². The Morgan fingerprint density at radius 1 is 1.38 bits per heavy atom. The van der Waals surface area contributed by atoms with Gasteiger partial charge >= 0.3 is 0 Å². The van der Waals surface area contributed by atoms with Crippen LogP contribution >= 0.6 is 0 Å². The fraction of sp³-hybridized carbons (Fsp3) is 0.286. The van der Waals surface area contributed by atoms with Gasteiger partial charge < -0.3 is 14.6 Å². The molecule has 0 unspecified atom stereocenters. The second-order valence-electron chi connectivity index (χ2n) is 4.77. The van der Waals surface area contributed by atoms with Crippen LogP contribution in [0.1, 0.15) is 16.8 Å². The van der Waals surface area contributed by atoms with Crippen molar-refractivity contribution < 1.29 is 9.53 Å². The van der Waals surface area contributed by atoms with Crippen LogP contribution in [-0.4, -0.2) is 45.0 Å². The van der Waals surface area contributed by atoms with Crippen LogP contribution in [-0.2, 0) is 0 Å². The number of aromatic amines is 1. The molecule has 1 aliphatic rings. The van der Waals surface area contributed by atoms with E-state index in [1.54, 1.807) is 17.2 Å². The molecular formula is C14H14N4O3. The van der Waals surface area contributed by atoms with Crippen LogP contribution < -0.4 is 10.3 Å². The SMILES string of the molecule is O=C(c1ccc(=O)[nH]c1)N1CC[C@H](Oc2ccncn2)C1. The normalized spacial score (nSPS) is 17.7. The summed E-state index contributed by atoms with van der Waals surface area (Å²) in [6.45, 7) is 1.12. The molecule has 1 amide bonds. The molecule has 0 spiro atoms. The van der Waals surface area contributed by atoms with Gasteiger partial charge in [0.2, 0.25) is 11.4 Å². The van der Waals surface area contributed by atoms with Crippen molar-refractivity contribution in [3.05, 3.63) is 52.8 Å². The Morgan fingerprint density at radius 2 is 2.29 bits per heavy atom. The van der Waals surface area contributed by atoms with Gasteiger partial charge in [0, 0.05) is 37.5 Å². The van der Waals surface area contributed by atoms with Gasteiger partial charge in [0.05, 0.1) is 12.1 Å². The lowest BCUT2D eigenvalue weighted by Gasteiger charge is -2.16. The molecule has 1 atom stereocenters. The molecule has 7 heteroatoms. The number of likely N-dealkylation sites (tertiary alicyclic amines) is 1. The van der Waals surface area contributed by atoms with Crippen molar-refractivity contribution in [2.45, 2.75) is 12.5 Å². The Hall–Kier alpha value is -2.70. The first-order valence-electron chi connectivity index (χ1n) is 6.63. The van der Waals surface area contributed by atoms with Crippen LogP contribution in [0.4, 0.5) is 0 Å². The standard InChI is InChI=1S/C14H14N4O3/c19-12-2-1-10(7-16-12)14(20)18-6-4-11(8-18)21-13-3-5-15-9-17-13/h1-3,5,7,9,11H,4,6,8H2,(H,16,19)/t11-/m0/s1. The van der Waals surface area contributed by atoms with Gasteiger partial charge in [-0.25, -0.2) is 9.97 Å². The van der Waals surface area contributed by atoms with E-state index in [9.17, 15) is 9.59 Å². The maximum Gasteiger partial charge on any atom is 0.255 e. The first-order valence-corrected chi connectivity index (χ1v) is 6.63. The van der Waals surface area contributed by atoms with Gasteiger partial charge in [0.1, 0.15) is 12.4 Å². The van der Waals surface area contributed by atoms with Crippen LogP contribution in [0.25, 0.3) is 0 Å². The van der Waals surface area contributed by atoms with Gasteiger partial charge in [-0.15, -0.1) is 0 Å². The van der Waals surface area contributed by atoms with Crippen LogP contribution in [0, 0.1) is 0 Å². The number of H-pyrrole nitrogens is 1. The number of rotatable bonds is 3. The van der Waals surface area contributed by atoms with E-state index >= 15 is 0 Å². The van der Waals surface area contributed by atoms with E-state index in [-0.39, 0.29) is 17.6 Å². The lowest BCUT2D eigenvalue weighted by Crippen LogP contribution is -2.31. The van der Waals surface area contributed by atoms with Crippen molar-refractivity contribution in [2.75, 3.05) is 13.1 Å². The highest BCUT2D eigenvalue weighted by Gasteiger charge is 2.28. The number of carbonyl (C=O) groups is 1. The van der Waals surface area contributed by atoms with Crippen LogP contribution in [0.3, 0.4) is 0 Å². The van der Waals surface area contributed by atoms with Crippen molar-refractivity contribution in [3.8, 4) is 5.88 Å². The molecule has 0 aliphatic carbocycles. The number of nitrogens with one attached hydrogen (secondary N) is 1. The first-order chi connectivity index (χ1) is 10.2. The zero-order chi connectivity index (χ0) is 14.7. The van der Waals surface area contributed by atoms with Crippen molar-refractivity contribution in [1.29, 1.82) is 0 Å². The van der Waals surface area contributed by atoms with Crippen molar-refractivity contribution in [3.63, 3.8) is 0 Å². The molecule has 1 aliphatic heterocycles. The molecule has 0 aromatic carbocycles. The molecule has 108 valence electrons. The Bertz CT molecular complexity index is 666. The minimum Gasteiger partial charge on any atom is -0.472 e. The van der Waals surface area contributed by atoms with Crippen LogP contribution in [0.15, 0.2) is 41.7 Å². The third-order valence-corrected chi connectivity index (χ3v) is 3.31. The van der Waals surface area contributed by atoms with E-state index in [2.05, 4.69) is 15.0 Å². The van der Waals surface area contributed by atoms with Gasteiger partial charge in [-0.2, -0.15) is 0 Å². The molecule has 0 bridgehead atoms. The summed E-state index contributed by atoms with van der Waals surface area (Å²) in [4.78, 5) is 35.3. The summed E-state index contributed by atoms with van der Waals surface area (Å²) in [6, 6.07) is 4.56. The lowest BCUT2D eigenvalue weighted by molar-refractivity contribution is 0.0770. The highest BCUT2D eigenvalue weighted by atomic mass is 16.5. The maximum atomic E-state index is 12.3. The molecule has 21 heavy (non-hydrogen) atoms. The minimum atomic E-state index is -0.224. The number of pyridine rings is 1. The quantitative estimate of drug-likeness (QED) is 0.885. The van der Waals surface area contributed by atoms with E-state index in [1.807, 2.05) is 0 Å². The molecule has 3 rings (SSSR count). The Kier molecular flexibility index (Phi) is 3.63. The maximum absolute atomic E-state index is 12.3. The molecule has 1 saturated heterocycles. The average molecular weight is 286 g/mol. The van der Waals surface area contributed by atoms with E-state index in [4.69, 9.17) is 4.74 Å². The van der Waals surface area contributed by atoms with Crippen LogP contribution in [0.5, 0.6) is 5.88 Å². The summed E-state index contributed by atoms with van der Waals surface area (Å²) < 4.78 is 5.71. The number of amides is 1. The number of carbonyl (C=O) groups excluding carboxylic acids is 1. The molecule has 2 aromatic heterocycles. The monoisotopic (exact) mass is 286 g/mol. The highest BCUT2D eigenvalue weighted by molar-refractivity contribution is 5.94. The summed E-state index contributed by atoms with van der Waals surface area (Å²) in [5, 5.41) is 0. The predicted octanol–water partition coefficient (Wildman–Crippen LogP) is 0.458. The molecule has 3 heterocycles. The topological polar surface area (TPSA) is 88.2 Å². The molecule has 0 radical (unpaired) electrons. The fourth-order valence-electron chi connectivity index (χ4n) is 2.25. The number of nitrogens with zero attached hydrogens (tertiary/aromatic N) is 3. The highest BCUT2D eigenvalue weighted by Crippen LogP contribution is 2.17. The second kappa shape index (κ2) is 5.74. The molecule has 1 fully saturated rings. The minimum absolute atomic E-state index is 0.0772. The van der Waals surface area contributed by atoms with Crippen LogP contribution in [0.2, 0.25) is 0 Å². The molecular weight excluding hydrogens is 272 g/mol. The Morgan fingerprint density at radius 3 is 3.00 bits per heavy atom. The van der Waals surface area contributed by atoms with E-state index in [1.165, 1.54) is 24.7 Å². The van der Waals surface area contributed by atoms with Crippen molar-refractivity contribution in [1.82, 2.24) is 19.9 Å². The molecule has 1 N–H and O–H groups in total. The van der Waals surface area contributed by atoms with E-state index in [0.717, 1.165) is 6.42 Å². The summed E-state index contributed by atoms with van der Waals surface area (Å²) in [5.74, 6) is 0.397. The van der Waals surface area contributed by atoms with Gasteiger partial charge in [-0.05, 0) is 6.07 Å². The molecule has 0 saturated carbocycles. The average Bonchev–Trinajstić information content (AvgIpc) is 2.97. The third kappa shape index (κ3) is 3.07. The Balaban J connectivity index is 1.63. The number of hydrogen-bond donors (Lipinski definition) is 1. The molecule has 7 nitrogen and oxygen atoms in total. The van der Waals surface area contributed by atoms with Crippen molar-refractivity contribution in [2.24, 2.45) is 0 Å². The summed E-state index contributed by atoms with van der Waals surface area (Å²) in [6.07, 6.45) is 5.14. The summed E-state index contributed by atoms with van der Waals surface area (Å²) in [5.41, 5.74) is 0.246. The number of hydrogen-bond acceptors (Lipinski definition) is 5. The third-order valence-electron chi connectivity index (χ3n) is 3.31. The first kappa shape index (κ1) is 13.3. The Labute approximate surface area is 120 Å². The fourth-order valence-corrected chi connectivity index (χ4v) is 2.25. The van der Waals surface area contributed by atoms with Gasteiger partial charge in [0.25, 0.3) is 5.91 Å². The number of aromatic nitrogens is 3. The zero-order valence-corrected chi connectivity index (χ0v) is 11.2. The summed E-state index contributed by atoms with van der Waals surface area (Å²) in [7, 11) is 0. The van der Waals surface area contributed by atoms with Gasteiger partial charge in [-0.3, -0.25) is 9.59 Å². The predicted molar refractivity (Wildman–Crippen MR) is 74.0 cm³/mol. The summed E-state index contributed by atoms with van der Waals surface area (Å²) >= 11 is 0. The largest absolute Gasteiger partial charge is 0.472 e. The number of ether oxygens (including phenoxy) is 1. The van der Waals surface area contributed by atoms with E-state index < -0.39 is 0 Å². The van der Waals surface area contributed by atoms with E-state index in [0.29, 0.717) is 24.5 Å². The van der Waals surface area contributed by atoms with Gasteiger partial charge in [-0.1, -0.05) is 0 Å².